The molecule has 2 heterocycles. The molecule has 4 heteroatoms. The van der Waals surface area contributed by atoms with Crippen LogP contribution in [0, 0.1) is 17.1 Å². The van der Waals surface area contributed by atoms with E-state index in [4.69, 9.17) is 5.26 Å². The Morgan fingerprint density at radius 1 is 1.32 bits per heavy atom. The molecule has 2 aliphatic rings. The van der Waals surface area contributed by atoms with Crippen molar-refractivity contribution in [1.29, 1.82) is 5.26 Å². The monoisotopic (exact) mass is 259 g/mol. The maximum absolute atomic E-state index is 13.9. The minimum absolute atomic E-state index is 0.257. The fourth-order valence-electron chi connectivity index (χ4n) is 3.19. The average Bonchev–Trinajstić information content (AvgIpc) is 2.88. The maximum Gasteiger partial charge on any atom is 0.129 e. The fraction of sp³-hybridized carbons (Fsp3) is 0.533. The van der Waals surface area contributed by atoms with E-state index in [1.807, 2.05) is 6.07 Å². The Bertz CT molecular complexity index is 509. The highest BCUT2D eigenvalue weighted by Gasteiger charge is 2.30. The van der Waals surface area contributed by atoms with Gasteiger partial charge in [0.15, 0.2) is 0 Å². The molecule has 0 N–H and O–H groups in total. The van der Waals surface area contributed by atoms with Crippen LogP contribution in [0.5, 0.6) is 0 Å². The van der Waals surface area contributed by atoms with Crippen LogP contribution in [0.1, 0.15) is 24.0 Å². The topological polar surface area (TPSA) is 30.3 Å². The molecule has 3 rings (SSSR count). The molecule has 1 aromatic carbocycles. The van der Waals surface area contributed by atoms with Gasteiger partial charge < -0.3 is 0 Å². The number of nitrogens with zero attached hydrogens (tertiary/aromatic N) is 3. The second kappa shape index (κ2) is 5.28. The van der Waals surface area contributed by atoms with Gasteiger partial charge in [-0.15, -0.1) is 0 Å². The first kappa shape index (κ1) is 12.6. The number of piperazine rings is 1. The van der Waals surface area contributed by atoms with Crippen molar-refractivity contribution in [3.63, 3.8) is 0 Å². The van der Waals surface area contributed by atoms with E-state index < -0.39 is 0 Å². The lowest BCUT2D eigenvalue weighted by Gasteiger charge is -2.37. The van der Waals surface area contributed by atoms with Gasteiger partial charge in [-0.3, -0.25) is 9.80 Å². The number of fused-ring (bicyclic) bond motifs is 1. The molecule has 0 radical (unpaired) electrons. The summed E-state index contributed by atoms with van der Waals surface area (Å²) >= 11 is 0. The van der Waals surface area contributed by atoms with E-state index in [0.717, 1.165) is 19.6 Å². The van der Waals surface area contributed by atoms with Crippen molar-refractivity contribution in [1.82, 2.24) is 9.80 Å². The van der Waals surface area contributed by atoms with Gasteiger partial charge in [-0.05, 0) is 31.5 Å². The maximum atomic E-state index is 13.9. The van der Waals surface area contributed by atoms with Crippen molar-refractivity contribution in [2.45, 2.75) is 25.4 Å². The molecule has 1 atom stereocenters. The van der Waals surface area contributed by atoms with Gasteiger partial charge >= 0.3 is 0 Å². The lowest BCUT2D eigenvalue weighted by atomic mass is 10.1. The Labute approximate surface area is 113 Å². The van der Waals surface area contributed by atoms with E-state index in [9.17, 15) is 4.39 Å². The Hall–Kier alpha value is -1.44. The van der Waals surface area contributed by atoms with Crippen LogP contribution in [0.3, 0.4) is 0 Å². The van der Waals surface area contributed by atoms with Crippen LogP contribution in [-0.2, 0) is 6.54 Å². The van der Waals surface area contributed by atoms with Crippen molar-refractivity contribution in [3.8, 4) is 6.07 Å². The lowest BCUT2D eigenvalue weighted by molar-refractivity contribution is 0.0985. The van der Waals surface area contributed by atoms with Crippen molar-refractivity contribution < 1.29 is 4.39 Å². The lowest BCUT2D eigenvalue weighted by Crippen LogP contribution is -2.49. The molecule has 3 nitrogen and oxygen atoms in total. The Morgan fingerprint density at radius 3 is 3.00 bits per heavy atom. The van der Waals surface area contributed by atoms with Crippen LogP contribution in [0.2, 0.25) is 0 Å². The van der Waals surface area contributed by atoms with Crippen LogP contribution in [0.4, 0.5) is 4.39 Å². The predicted octanol–water partition coefficient (Wildman–Crippen LogP) is 1.98. The van der Waals surface area contributed by atoms with E-state index >= 15 is 0 Å². The third-order valence-corrected chi connectivity index (χ3v) is 4.25. The predicted molar refractivity (Wildman–Crippen MR) is 71.0 cm³/mol. The standard InChI is InChI=1S/C15H18FN3/c16-15-8-12(9-17)3-4-13(15)10-18-6-7-19-5-1-2-14(19)11-18/h3-4,8,14H,1-2,5-7,10-11H2. The van der Waals surface area contributed by atoms with Gasteiger partial charge in [0.2, 0.25) is 0 Å². The van der Waals surface area contributed by atoms with Gasteiger partial charge in [-0.25, -0.2) is 4.39 Å². The molecule has 0 amide bonds. The summed E-state index contributed by atoms with van der Waals surface area (Å²) in [6, 6.07) is 7.41. The second-order valence-electron chi connectivity index (χ2n) is 5.49. The Balaban J connectivity index is 1.67. The summed E-state index contributed by atoms with van der Waals surface area (Å²) in [6.07, 6.45) is 2.57. The molecule has 0 bridgehead atoms. The van der Waals surface area contributed by atoms with Crippen LogP contribution >= 0.6 is 0 Å². The van der Waals surface area contributed by atoms with Gasteiger partial charge in [0.25, 0.3) is 0 Å². The van der Waals surface area contributed by atoms with Crippen molar-refractivity contribution in [3.05, 3.63) is 35.1 Å². The zero-order chi connectivity index (χ0) is 13.2. The summed E-state index contributed by atoms with van der Waals surface area (Å²) in [5, 5.41) is 8.74. The van der Waals surface area contributed by atoms with Crippen LogP contribution in [0.15, 0.2) is 18.2 Å². The Morgan fingerprint density at radius 2 is 2.21 bits per heavy atom. The minimum Gasteiger partial charge on any atom is -0.298 e. The van der Waals surface area contributed by atoms with Crippen LogP contribution in [-0.4, -0.2) is 42.0 Å². The van der Waals surface area contributed by atoms with Gasteiger partial charge in [0, 0.05) is 37.8 Å². The first-order valence-electron chi connectivity index (χ1n) is 6.91. The van der Waals surface area contributed by atoms with Gasteiger partial charge in [0.05, 0.1) is 11.6 Å². The zero-order valence-corrected chi connectivity index (χ0v) is 11.0. The molecule has 2 fully saturated rings. The smallest absolute Gasteiger partial charge is 0.129 e. The molecule has 1 unspecified atom stereocenters. The summed E-state index contributed by atoms with van der Waals surface area (Å²) in [5.41, 5.74) is 1.09. The molecule has 0 aliphatic carbocycles. The summed E-state index contributed by atoms with van der Waals surface area (Å²) in [7, 11) is 0. The van der Waals surface area contributed by atoms with Gasteiger partial charge in [0.1, 0.15) is 5.82 Å². The highest BCUT2D eigenvalue weighted by molar-refractivity contribution is 5.32. The largest absolute Gasteiger partial charge is 0.298 e. The normalized spacial score (nSPS) is 24.1. The molecular formula is C15H18FN3. The minimum atomic E-state index is -0.257. The molecule has 0 spiro atoms. The van der Waals surface area contributed by atoms with E-state index in [0.29, 0.717) is 23.7 Å². The molecule has 100 valence electrons. The van der Waals surface area contributed by atoms with Crippen LogP contribution < -0.4 is 0 Å². The van der Waals surface area contributed by atoms with Crippen molar-refractivity contribution >= 4 is 0 Å². The van der Waals surface area contributed by atoms with E-state index in [2.05, 4.69) is 9.80 Å². The van der Waals surface area contributed by atoms with Crippen LogP contribution in [0.25, 0.3) is 0 Å². The number of nitriles is 1. The van der Waals surface area contributed by atoms with Crippen molar-refractivity contribution in [2.75, 3.05) is 26.2 Å². The number of hydrogen-bond acceptors (Lipinski definition) is 3. The van der Waals surface area contributed by atoms with E-state index in [1.54, 1.807) is 12.1 Å². The van der Waals surface area contributed by atoms with E-state index in [-0.39, 0.29) is 5.82 Å². The number of rotatable bonds is 2. The summed E-state index contributed by atoms with van der Waals surface area (Å²) in [4.78, 5) is 4.88. The molecular weight excluding hydrogens is 241 g/mol. The van der Waals surface area contributed by atoms with Gasteiger partial charge in [-0.1, -0.05) is 6.07 Å². The van der Waals surface area contributed by atoms with Gasteiger partial charge in [-0.2, -0.15) is 5.26 Å². The highest BCUT2D eigenvalue weighted by Crippen LogP contribution is 2.23. The molecule has 1 aromatic rings. The summed E-state index contributed by atoms with van der Waals surface area (Å²) < 4.78 is 13.9. The quantitative estimate of drug-likeness (QED) is 0.813. The molecule has 19 heavy (non-hydrogen) atoms. The third-order valence-electron chi connectivity index (χ3n) is 4.25. The molecule has 0 aromatic heterocycles. The SMILES string of the molecule is N#Cc1ccc(CN2CCN3CCCC3C2)c(F)c1. The number of hydrogen-bond donors (Lipinski definition) is 0. The van der Waals surface area contributed by atoms with E-state index in [1.165, 1.54) is 25.5 Å². The third kappa shape index (κ3) is 2.63. The highest BCUT2D eigenvalue weighted by atomic mass is 19.1. The second-order valence-corrected chi connectivity index (χ2v) is 5.49. The first-order chi connectivity index (χ1) is 9.26. The zero-order valence-electron chi connectivity index (χ0n) is 11.0. The average molecular weight is 259 g/mol. The fourth-order valence-corrected chi connectivity index (χ4v) is 3.19. The molecule has 2 aliphatic heterocycles. The van der Waals surface area contributed by atoms with Crippen molar-refractivity contribution in [2.24, 2.45) is 0 Å². The molecule has 2 saturated heterocycles. The molecule has 0 saturated carbocycles. The first-order valence-corrected chi connectivity index (χ1v) is 6.91. The summed E-state index contributed by atoms with van der Waals surface area (Å²) in [5.74, 6) is -0.257. The number of benzene rings is 1. The summed E-state index contributed by atoms with van der Waals surface area (Å²) in [6.45, 7) is 5.03. The Kier molecular flexibility index (Phi) is 3.50. The number of halogens is 1.